The summed E-state index contributed by atoms with van der Waals surface area (Å²) in [5.74, 6) is -1.08. The Hall–Kier alpha value is -4.30. The Morgan fingerprint density at radius 2 is 1.94 bits per heavy atom. The van der Waals surface area contributed by atoms with Gasteiger partial charge in [0.25, 0.3) is 5.91 Å². The first-order valence-corrected chi connectivity index (χ1v) is 10.8. The molecule has 1 amide bonds. The van der Waals surface area contributed by atoms with Crippen molar-refractivity contribution in [3.63, 3.8) is 0 Å². The van der Waals surface area contributed by atoms with Crippen molar-refractivity contribution in [3.8, 4) is 0 Å². The van der Waals surface area contributed by atoms with E-state index in [0.29, 0.717) is 38.5 Å². The van der Waals surface area contributed by atoms with Gasteiger partial charge in [-0.25, -0.2) is 4.98 Å². The Kier molecular flexibility index (Phi) is 4.40. The van der Waals surface area contributed by atoms with E-state index in [4.69, 9.17) is 20.4 Å². The zero-order chi connectivity index (χ0) is 23.6. The van der Waals surface area contributed by atoms with Gasteiger partial charge in [0.15, 0.2) is 11.5 Å². The highest BCUT2D eigenvalue weighted by atomic mass is 35.5. The van der Waals surface area contributed by atoms with E-state index in [9.17, 15) is 14.7 Å². The van der Waals surface area contributed by atoms with Crippen LogP contribution >= 0.6 is 11.6 Å². The molecule has 5 aromatic rings. The smallest absolute Gasteiger partial charge is 0.296 e. The molecule has 1 unspecified atom stereocenters. The highest BCUT2D eigenvalue weighted by Crippen LogP contribution is 2.42. The van der Waals surface area contributed by atoms with Crippen LogP contribution in [0.4, 0.5) is 5.95 Å². The molecule has 1 aliphatic heterocycles. The molecule has 8 nitrogen and oxygen atoms in total. The molecule has 34 heavy (non-hydrogen) atoms. The number of carbonyl (C=O) groups excluding carboxylic acids is 2. The van der Waals surface area contributed by atoms with E-state index in [0.717, 1.165) is 0 Å². The summed E-state index contributed by atoms with van der Waals surface area (Å²) in [6, 6.07) is 16.1. The quantitative estimate of drug-likeness (QED) is 0.326. The fourth-order valence-corrected chi connectivity index (χ4v) is 4.42. The van der Waals surface area contributed by atoms with E-state index in [1.807, 2.05) is 18.2 Å². The number of nitrogens with one attached hydrogen (secondary N) is 1. The van der Waals surface area contributed by atoms with E-state index in [1.165, 1.54) is 11.0 Å². The second-order valence-corrected chi connectivity index (χ2v) is 8.42. The minimum Gasteiger partial charge on any atom is -0.503 e. The highest BCUT2D eigenvalue weighted by molar-refractivity contribution is 6.31. The van der Waals surface area contributed by atoms with Crippen molar-refractivity contribution in [2.45, 2.75) is 13.0 Å². The van der Waals surface area contributed by atoms with Crippen molar-refractivity contribution >= 4 is 51.2 Å². The molecule has 0 aliphatic carbocycles. The maximum absolute atomic E-state index is 13.6. The minimum absolute atomic E-state index is 0.0358. The summed E-state index contributed by atoms with van der Waals surface area (Å²) in [6.45, 7) is 1.75. The number of rotatable bonds is 4. The molecule has 6 rings (SSSR count). The summed E-state index contributed by atoms with van der Waals surface area (Å²) < 4.78 is 11.5. The minimum atomic E-state index is -1.05. The summed E-state index contributed by atoms with van der Waals surface area (Å²) in [5.41, 5.74) is 1.63. The molecule has 0 radical (unpaired) electrons. The molecule has 4 heterocycles. The van der Waals surface area contributed by atoms with E-state index >= 15 is 0 Å². The zero-order valence-electron chi connectivity index (χ0n) is 17.7. The van der Waals surface area contributed by atoms with E-state index < -0.39 is 23.5 Å². The lowest BCUT2D eigenvalue weighted by Crippen LogP contribution is -2.31. The molecular formula is C25H16ClN3O5. The molecule has 1 aliphatic rings. The largest absolute Gasteiger partial charge is 0.503 e. The lowest BCUT2D eigenvalue weighted by molar-refractivity contribution is -0.117. The molecule has 1 atom stereocenters. The first kappa shape index (κ1) is 20.3. The van der Waals surface area contributed by atoms with Crippen LogP contribution in [0.25, 0.3) is 22.0 Å². The standard InChI is InChI=1S/C25H16ClN3O5/c1-12-6-8-18(33-12)21-20(22(30)19-11-13-10-14(26)7-9-17(13)34-19)23(31)24(32)29(21)25-27-15-4-2-3-5-16(15)28-25/h2-11,21,31H,1H3,(H,27,28). The van der Waals surface area contributed by atoms with Gasteiger partial charge in [-0.2, -0.15) is 0 Å². The SMILES string of the molecule is Cc1ccc(C2C(C(=O)c3cc4cc(Cl)ccc4o3)=C(O)C(=O)N2c2nc3ccccc3[nH]2)o1. The number of aliphatic hydroxyl groups excluding tert-OH is 1. The third-order valence-corrected chi connectivity index (χ3v) is 6.03. The average molecular weight is 474 g/mol. The van der Waals surface area contributed by atoms with Crippen LogP contribution in [0.15, 0.2) is 80.8 Å². The van der Waals surface area contributed by atoms with Crippen LogP contribution in [0.1, 0.15) is 28.1 Å². The van der Waals surface area contributed by atoms with Gasteiger partial charge in [-0.05, 0) is 55.5 Å². The summed E-state index contributed by atoms with van der Waals surface area (Å²) in [5, 5.41) is 12.0. The number of hydrogen-bond donors (Lipinski definition) is 2. The summed E-state index contributed by atoms with van der Waals surface area (Å²) >= 11 is 6.05. The zero-order valence-corrected chi connectivity index (χ0v) is 18.5. The van der Waals surface area contributed by atoms with Gasteiger partial charge in [0.2, 0.25) is 11.7 Å². The maximum Gasteiger partial charge on any atom is 0.296 e. The second kappa shape index (κ2) is 7.36. The van der Waals surface area contributed by atoms with Crippen molar-refractivity contribution in [1.29, 1.82) is 0 Å². The number of Topliss-reactive ketones (excluding diaryl/α,β-unsaturated/α-hetero) is 1. The molecule has 2 N–H and O–H groups in total. The number of aromatic amines is 1. The van der Waals surface area contributed by atoms with Gasteiger partial charge in [-0.1, -0.05) is 23.7 Å². The number of aromatic nitrogens is 2. The number of nitrogens with zero attached hydrogens (tertiary/aromatic N) is 2. The number of H-pyrrole nitrogens is 1. The molecule has 0 saturated heterocycles. The molecular weight excluding hydrogens is 458 g/mol. The number of anilines is 1. The molecule has 0 fully saturated rings. The van der Waals surface area contributed by atoms with Gasteiger partial charge < -0.3 is 18.9 Å². The number of aryl methyl sites for hydroxylation is 1. The fourth-order valence-electron chi connectivity index (χ4n) is 4.24. The fraction of sp³-hybridized carbons (Fsp3) is 0.0800. The monoisotopic (exact) mass is 473 g/mol. The van der Waals surface area contributed by atoms with Gasteiger partial charge in [0.05, 0.1) is 16.6 Å². The Bertz CT molecular complexity index is 1620. The van der Waals surface area contributed by atoms with Crippen LogP contribution in [0.5, 0.6) is 0 Å². The average Bonchev–Trinajstić information content (AvgIpc) is 3.58. The third kappa shape index (κ3) is 3.03. The van der Waals surface area contributed by atoms with Gasteiger partial charge in [-0.3, -0.25) is 14.5 Å². The van der Waals surface area contributed by atoms with Gasteiger partial charge >= 0.3 is 0 Å². The Morgan fingerprint density at radius 3 is 2.71 bits per heavy atom. The number of carbonyl (C=O) groups is 2. The second-order valence-electron chi connectivity index (χ2n) is 7.99. The van der Waals surface area contributed by atoms with Crippen molar-refractivity contribution in [2.24, 2.45) is 0 Å². The number of aliphatic hydroxyl groups is 1. The van der Waals surface area contributed by atoms with Crippen LogP contribution in [-0.4, -0.2) is 26.8 Å². The number of ketones is 1. The molecule has 2 aromatic carbocycles. The third-order valence-electron chi connectivity index (χ3n) is 5.79. The Morgan fingerprint density at radius 1 is 1.12 bits per heavy atom. The van der Waals surface area contributed by atoms with Crippen molar-refractivity contribution in [1.82, 2.24) is 9.97 Å². The number of hydrogen-bond acceptors (Lipinski definition) is 6. The number of halogens is 1. The maximum atomic E-state index is 13.6. The lowest BCUT2D eigenvalue weighted by atomic mass is 9.99. The van der Waals surface area contributed by atoms with Crippen molar-refractivity contribution in [3.05, 3.63) is 94.3 Å². The van der Waals surface area contributed by atoms with Gasteiger partial charge in [0, 0.05) is 10.4 Å². The predicted octanol–water partition coefficient (Wildman–Crippen LogP) is 5.65. The summed E-state index contributed by atoms with van der Waals surface area (Å²) in [4.78, 5) is 35.7. The molecule has 9 heteroatoms. The number of furan rings is 2. The summed E-state index contributed by atoms with van der Waals surface area (Å²) in [6.07, 6.45) is 0. The predicted molar refractivity (Wildman–Crippen MR) is 125 cm³/mol. The molecule has 3 aromatic heterocycles. The van der Waals surface area contributed by atoms with Crippen LogP contribution < -0.4 is 4.90 Å². The number of imidazole rings is 1. The number of amides is 1. The van der Waals surface area contributed by atoms with E-state index in [2.05, 4.69) is 9.97 Å². The normalized spacial score (nSPS) is 16.4. The van der Waals surface area contributed by atoms with Gasteiger partial charge in [-0.15, -0.1) is 0 Å². The molecule has 0 spiro atoms. The lowest BCUT2D eigenvalue weighted by Gasteiger charge is -2.22. The molecule has 0 saturated carbocycles. The van der Waals surface area contributed by atoms with Crippen LogP contribution in [0.3, 0.4) is 0 Å². The Labute approximate surface area is 197 Å². The first-order chi connectivity index (χ1) is 16.4. The topological polar surface area (TPSA) is 113 Å². The van der Waals surface area contributed by atoms with Gasteiger partial charge in [0.1, 0.15) is 23.1 Å². The molecule has 0 bridgehead atoms. The highest BCUT2D eigenvalue weighted by Gasteiger charge is 2.48. The number of para-hydroxylation sites is 2. The number of fused-ring (bicyclic) bond motifs is 2. The Balaban J connectivity index is 1.50. The number of benzene rings is 2. The molecule has 168 valence electrons. The van der Waals surface area contributed by atoms with Crippen LogP contribution in [0.2, 0.25) is 5.02 Å². The van der Waals surface area contributed by atoms with E-state index in [1.54, 1.807) is 43.3 Å². The van der Waals surface area contributed by atoms with Crippen LogP contribution in [-0.2, 0) is 4.79 Å². The van der Waals surface area contributed by atoms with Crippen molar-refractivity contribution < 1.29 is 23.5 Å². The van der Waals surface area contributed by atoms with Crippen LogP contribution in [0, 0.1) is 6.92 Å². The first-order valence-electron chi connectivity index (χ1n) is 10.4. The van der Waals surface area contributed by atoms with E-state index in [-0.39, 0.29) is 17.3 Å². The summed E-state index contributed by atoms with van der Waals surface area (Å²) in [7, 11) is 0. The van der Waals surface area contributed by atoms with Crippen molar-refractivity contribution in [2.75, 3.05) is 4.90 Å².